The molecule has 0 bridgehead atoms. The quantitative estimate of drug-likeness (QED) is 0.849. The fourth-order valence-electron chi connectivity index (χ4n) is 2.06. The Kier molecular flexibility index (Phi) is 2.93. The number of morpholine rings is 1. The minimum Gasteiger partial charge on any atom is -0.383 e. The smallest absolute Gasteiger partial charge is 0.228 e. The molecule has 1 aromatic heterocycles. The third kappa shape index (κ3) is 1.95. The molecule has 1 fully saturated rings. The Morgan fingerprint density at radius 3 is 2.78 bits per heavy atom. The van der Waals surface area contributed by atoms with Gasteiger partial charge in [-0.25, -0.2) is 4.98 Å². The number of benzene rings is 1. The number of nitrogens with zero attached hydrogens (tertiary/aromatic N) is 3. The number of halogens is 1. The van der Waals surface area contributed by atoms with Crippen LogP contribution in [0.3, 0.4) is 0 Å². The van der Waals surface area contributed by atoms with Crippen LogP contribution in [-0.4, -0.2) is 36.3 Å². The second kappa shape index (κ2) is 4.59. The van der Waals surface area contributed by atoms with E-state index in [1.807, 2.05) is 12.1 Å². The van der Waals surface area contributed by atoms with Gasteiger partial charge in [-0.1, -0.05) is 17.7 Å². The van der Waals surface area contributed by atoms with Gasteiger partial charge in [-0.15, -0.1) is 0 Å². The Bertz CT molecular complexity index is 584. The van der Waals surface area contributed by atoms with Crippen molar-refractivity contribution in [2.24, 2.45) is 0 Å². The first kappa shape index (κ1) is 11.5. The minimum atomic E-state index is 0.423. The van der Waals surface area contributed by atoms with Gasteiger partial charge in [0.15, 0.2) is 0 Å². The molecule has 2 aromatic rings. The van der Waals surface area contributed by atoms with Crippen LogP contribution in [-0.2, 0) is 4.74 Å². The highest BCUT2D eigenvalue weighted by molar-refractivity contribution is 6.36. The van der Waals surface area contributed by atoms with E-state index >= 15 is 0 Å². The molecule has 0 amide bonds. The van der Waals surface area contributed by atoms with Gasteiger partial charge in [0.25, 0.3) is 0 Å². The van der Waals surface area contributed by atoms with E-state index < -0.39 is 0 Å². The lowest BCUT2D eigenvalue weighted by Crippen LogP contribution is -2.37. The van der Waals surface area contributed by atoms with Crippen molar-refractivity contribution in [1.82, 2.24) is 9.97 Å². The Morgan fingerprint density at radius 1 is 1.22 bits per heavy atom. The molecule has 0 aliphatic carbocycles. The third-order valence-corrected chi connectivity index (χ3v) is 3.30. The highest BCUT2D eigenvalue weighted by Gasteiger charge is 2.16. The zero-order valence-electron chi connectivity index (χ0n) is 9.77. The molecule has 94 valence electrons. The predicted molar refractivity (Wildman–Crippen MR) is 72.0 cm³/mol. The van der Waals surface area contributed by atoms with Crippen LogP contribution in [0.4, 0.5) is 11.8 Å². The number of nitrogen functional groups attached to an aromatic ring is 1. The van der Waals surface area contributed by atoms with Crippen molar-refractivity contribution in [1.29, 1.82) is 0 Å². The molecule has 3 rings (SSSR count). The molecule has 1 aliphatic heterocycles. The Morgan fingerprint density at radius 2 is 2.00 bits per heavy atom. The second-order valence-electron chi connectivity index (χ2n) is 4.14. The SMILES string of the molecule is Nc1nc(N2CCOCC2)nc2cccc(Cl)c12. The van der Waals surface area contributed by atoms with Gasteiger partial charge in [-0.3, -0.25) is 0 Å². The highest BCUT2D eigenvalue weighted by Crippen LogP contribution is 2.28. The van der Waals surface area contributed by atoms with Crippen LogP contribution < -0.4 is 10.6 Å². The molecule has 18 heavy (non-hydrogen) atoms. The largest absolute Gasteiger partial charge is 0.383 e. The van der Waals surface area contributed by atoms with Crippen molar-refractivity contribution in [3.05, 3.63) is 23.2 Å². The fourth-order valence-corrected chi connectivity index (χ4v) is 2.33. The number of anilines is 2. The van der Waals surface area contributed by atoms with E-state index in [1.54, 1.807) is 6.07 Å². The van der Waals surface area contributed by atoms with E-state index in [1.165, 1.54) is 0 Å². The van der Waals surface area contributed by atoms with Gasteiger partial charge >= 0.3 is 0 Å². The van der Waals surface area contributed by atoms with Gasteiger partial charge in [0.05, 0.1) is 29.1 Å². The summed E-state index contributed by atoms with van der Waals surface area (Å²) in [5.41, 5.74) is 6.75. The molecule has 2 heterocycles. The summed E-state index contributed by atoms with van der Waals surface area (Å²) in [5.74, 6) is 1.07. The van der Waals surface area contributed by atoms with Crippen molar-refractivity contribution in [3.8, 4) is 0 Å². The molecule has 6 heteroatoms. The predicted octanol–water partition coefficient (Wildman–Crippen LogP) is 1.70. The summed E-state index contributed by atoms with van der Waals surface area (Å²) >= 11 is 6.11. The van der Waals surface area contributed by atoms with E-state index in [4.69, 9.17) is 22.1 Å². The molecule has 1 aliphatic rings. The molecule has 0 spiro atoms. The fraction of sp³-hybridized carbons (Fsp3) is 0.333. The van der Waals surface area contributed by atoms with Crippen LogP contribution in [0, 0.1) is 0 Å². The second-order valence-corrected chi connectivity index (χ2v) is 4.55. The van der Waals surface area contributed by atoms with Gasteiger partial charge < -0.3 is 15.4 Å². The molecule has 0 atom stereocenters. The number of hydrogen-bond donors (Lipinski definition) is 1. The van der Waals surface area contributed by atoms with Gasteiger partial charge in [0.2, 0.25) is 5.95 Å². The first-order valence-electron chi connectivity index (χ1n) is 5.80. The maximum Gasteiger partial charge on any atom is 0.228 e. The standard InChI is InChI=1S/C12H13ClN4O/c13-8-2-1-3-9-10(8)11(14)16-12(15-9)17-4-6-18-7-5-17/h1-3H,4-7H2,(H2,14,15,16). The maximum atomic E-state index is 6.11. The molecule has 0 unspecified atom stereocenters. The average Bonchev–Trinajstić information content (AvgIpc) is 2.39. The Hall–Kier alpha value is -1.59. The third-order valence-electron chi connectivity index (χ3n) is 2.98. The number of fused-ring (bicyclic) bond motifs is 1. The lowest BCUT2D eigenvalue weighted by Gasteiger charge is -2.27. The highest BCUT2D eigenvalue weighted by atomic mass is 35.5. The number of aromatic nitrogens is 2. The molecule has 1 aromatic carbocycles. The summed E-state index contributed by atoms with van der Waals surface area (Å²) in [5, 5.41) is 1.30. The lowest BCUT2D eigenvalue weighted by molar-refractivity contribution is 0.122. The molecule has 0 saturated carbocycles. The summed E-state index contributed by atoms with van der Waals surface area (Å²) in [6.45, 7) is 2.95. The zero-order chi connectivity index (χ0) is 12.5. The summed E-state index contributed by atoms with van der Waals surface area (Å²) in [6, 6.07) is 5.54. The van der Waals surface area contributed by atoms with Crippen LogP contribution >= 0.6 is 11.6 Å². The summed E-state index contributed by atoms with van der Waals surface area (Å²) in [7, 11) is 0. The topological polar surface area (TPSA) is 64.3 Å². The van der Waals surface area contributed by atoms with Gasteiger partial charge in [0, 0.05) is 13.1 Å². The van der Waals surface area contributed by atoms with Crippen LogP contribution in [0.2, 0.25) is 5.02 Å². The van der Waals surface area contributed by atoms with E-state index in [2.05, 4.69) is 14.9 Å². The Balaban J connectivity index is 2.09. The minimum absolute atomic E-state index is 0.423. The Labute approximate surface area is 110 Å². The first-order chi connectivity index (χ1) is 8.75. The van der Waals surface area contributed by atoms with Gasteiger partial charge in [-0.05, 0) is 12.1 Å². The van der Waals surface area contributed by atoms with Crippen LogP contribution in [0.15, 0.2) is 18.2 Å². The number of rotatable bonds is 1. The molecule has 1 saturated heterocycles. The van der Waals surface area contributed by atoms with E-state index in [9.17, 15) is 0 Å². The normalized spacial score (nSPS) is 16.2. The van der Waals surface area contributed by atoms with Crippen molar-refractivity contribution in [2.45, 2.75) is 0 Å². The average molecular weight is 265 g/mol. The number of hydrogen-bond acceptors (Lipinski definition) is 5. The van der Waals surface area contributed by atoms with E-state index in [0.717, 1.165) is 24.0 Å². The lowest BCUT2D eigenvalue weighted by atomic mass is 10.2. The van der Waals surface area contributed by atoms with Gasteiger partial charge in [0.1, 0.15) is 5.82 Å². The summed E-state index contributed by atoms with van der Waals surface area (Å²) in [4.78, 5) is 10.9. The van der Waals surface area contributed by atoms with Crippen molar-refractivity contribution in [2.75, 3.05) is 36.9 Å². The molecule has 0 radical (unpaired) electrons. The van der Waals surface area contributed by atoms with Crippen molar-refractivity contribution < 1.29 is 4.74 Å². The van der Waals surface area contributed by atoms with Crippen molar-refractivity contribution in [3.63, 3.8) is 0 Å². The first-order valence-corrected chi connectivity index (χ1v) is 6.18. The summed E-state index contributed by atoms with van der Waals surface area (Å²) in [6.07, 6.45) is 0. The van der Waals surface area contributed by atoms with Crippen LogP contribution in [0.5, 0.6) is 0 Å². The van der Waals surface area contributed by atoms with Crippen LogP contribution in [0.25, 0.3) is 10.9 Å². The monoisotopic (exact) mass is 264 g/mol. The maximum absolute atomic E-state index is 6.11. The summed E-state index contributed by atoms with van der Waals surface area (Å²) < 4.78 is 5.31. The molecule has 5 nitrogen and oxygen atoms in total. The zero-order valence-corrected chi connectivity index (χ0v) is 10.5. The van der Waals surface area contributed by atoms with E-state index in [0.29, 0.717) is 30.0 Å². The van der Waals surface area contributed by atoms with E-state index in [-0.39, 0.29) is 0 Å². The molecule has 2 N–H and O–H groups in total. The van der Waals surface area contributed by atoms with Crippen molar-refractivity contribution >= 4 is 34.3 Å². The van der Waals surface area contributed by atoms with Gasteiger partial charge in [-0.2, -0.15) is 4.98 Å². The molecular weight excluding hydrogens is 252 g/mol. The molecular formula is C12H13ClN4O. The number of ether oxygens (including phenoxy) is 1. The van der Waals surface area contributed by atoms with Crippen LogP contribution in [0.1, 0.15) is 0 Å². The number of nitrogens with two attached hydrogens (primary N) is 1.